The number of rotatable bonds is 3. The molecule has 0 radical (unpaired) electrons. The summed E-state index contributed by atoms with van der Waals surface area (Å²) in [5, 5.41) is 0.309. The molecule has 1 aromatic heterocycles. The summed E-state index contributed by atoms with van der Waals surface area (Å²) in [6.07, 6.45) is 6.11. The third-order valence-corrected chi connectivity index (χ3v) is 1.81. The molecule has 0 bridgehead atoms. The number of thiol groups is 1. The van der Waals surface area contributed by atoms with Crippen molar-refractivity contribution in [1.82, 2.24) is 9.97 Å². The first-order chi connectivity index (χ1) is 6.24. The molecule has 0 fully saturated rings. The number of anilines is 1. The highest BCUT2D eigenvalue weighted by atomic mass is 35.5. The summed E-state index contributed by atoms with van der Waals surface area (Å²) in [4.78, 5) is 7.88. The zero-order chi connectivity index (χ0) is 9.68. The number of hydrogen-bond donors (Lipinski definition) is 2. The number of nitrogen functional groups attached to an aromatic ring is 1. The van der Waals surface area contributed by atoms with Gasteiger partial charge in [0.25, 0.3) is 0 Å². The van der Waals surface area contributed by atoms with Gasteiger partial charge in [-0.3, -0.25) is 0 Å². The Balaban J connectivity index is 2.77. The van der Waals surface area contributed by atoms with Gasteiger partial charge in [-0.15, -0.1) is 0 Å². The number of hydrogen-bond acceptors (Lipinski definition) is 4. The molecule has 0 spiro atoms. The lowest BCUT2D eigenvalue weighted by atomic mass is 10.3. The maximum absolute atomic E-state index is 5.59. The molecule has 70 valence electrons. The minimum Gasteiger partial charge on any atom is -0.382 e. The Hall–Kier alpha value is -0.740. The van der Waals surface area contributed by atoms with Crippen LogP contribution in [-0.4, -0.2) is 15.7 Å². The van der Waals surface area contributed by atoms with Crippen LogP contribution in [0.1, 0.15) is 12.1 Å². The van der Waals surface area contributed by atoms with Gasteiger partial charge in [0.05, 0.1) is 6.20 Å². The molecular formula is C8H10ClN3S. The highest BCUT2D eigenvalue weighted by Gasteiger charge is 1.98. The first kappa shape index (κ1) is 10.3. The summed E-state index contributed by atoms with van der Waals surface area (Å²) in [7, 11) is 0. The van der Waals surface area contributed by atoms with Gasteiger partial charge in [0, 0.05) is 0 Å². The lowest BCUT2D eigenvalue weighted by molar-refractivity contribution is 1.18. The van der Waals surface area contributed by atoms with Crippen molar-refractivity contribution in [3.8, 4) is 0 Å². The Labute approximate surface area is 87.4 Å². The van der Waals surface area contributed by atoms with E-state index < -0.39 is 0 Å². The van der Waals surface area contributed by atoms with Crippen molar-refractivity contribution < 1.29 is 0 Å². The maximum Gasteiger partial charge on any atom is 0.151 e. The molecule has 1 rings (SSSR count). The Kier molecular flexibility index (Phi) is 4.05. The number of halogens is 1. The van der Waals surface area contributed by atoms with E-state index >= 15 is 0 Å². The zero-order valence-electron chi connectivity index (χ0n) is 6.94. The third-order valence-electron chi connectivity index (χ3n) is 1.37. The second-order valence-electron chi connectivity index (χ2n) is 2.38. The fraction of sp³-hybridized carbons (Fsp3) is 0.250. The number of nitrogens with zero attached hydrogens (tertiary/aromatic N) is 2. The molecule has 0 saturated carbocycles. The van der Waals surface area contributed by atoms with Crippen molar-refractivity contribution in [3.05, 3.63) is 23.1 Å². The van der Waals surface area contributed by atoms with E-state index in [1.54, 1.807) is 0 Å². The van der Waals surface area contributed by atoms with E-state index in [1.165, 1.54) is 6.20 Å². The van der Waals surface area contributed by atoms with Crippen LogP contribution >= 0.6 is 24.2 Å². The van der Waals surface area contributed by atoms with E-state index in [-0.39, 0.29) is 0 Å². The summed E-state index contributed by atoms with van der Waals surface area (Å²) in [6.45, 7) is 0. The monoisotopic (exact) mass is 215 g/mol. The van der Waals surface area contributed by atoms with Crippen molar-refractivity contribution in [3.63, 3.8) is 0 Å². The first-order valence-electron chi connectivity index (χ1n) is 3.79. The number of aromatic nitrogens is 2. The fourth-order valence-corrected chi connectivity index (χ4v) is 1.08. The molecule has 0 aliphatic carbocycles. The normalized spacial score (nSPS) is 10.9. The van der Waals surface area contributed by atoms with E-state index in [9.17, 15) is 0 Å². The van der Waals surface area contributed by atoms with Gasteiger partial charge < -0.3 is 5.73 Å². The molecule has 1 aromatic rings. The number of nitrogens with two attached hydrogens (primary N) is 1. The van der Waals surface area contributed by atoms with Gasteiger partial charge in [-0.25, -0.2) is 9.97 Å². The van der Waals surface area contributed by atoms with Gasteiger partial charge in [-0.05, 0) is 18.2 Å². The molecule has 5 heteroatoms. The third kappa shape index (κ3) is 3.24. The van der Waals surface area contributed by atoms with Crippen LogP contribution in [0.25, 0.3) is 6.08 Å². The fourth-order valence-electron chi connectivity index (χ4n) is 0.788. The molecule has 2 N–H and O–H groups in total. The minimum absolute atomic E-state index is 0.309. The molecule has 0 aliphatic rings. The first-order valence-corrected chi connectivity index (χ1v) is 4.80. The Morgan fingerprint density at radius 1 is 1.62 bits per heavy atom. The van der Waals surface area contributed by atoms with Crippen molar-refractivity contribution in [2.45, 2.75) is 6.42 Å². The number of allylic oxidation sites excluding steroid dienone is 1. The van der Waals surface area contributed by atoms with Crippen molar-refractivity contribution >= 4 is 36.1 Å². The van der Waals surface area contributed by atoms with E-state index in [0.717, 1.165) is 12.2 Å². The van der Waals surface area contributed by atoms with Crippen LogP contribution < -0.4 is 5.73 Å². The van der Waals surface area contributed by atoms with E-state index in [4.69, 9.17) is 17.3 Å². The van der Waals surface area contributed by atoms with Crippen molar-refractivity contribution in [1.29, 1.82) is 0 Å². The van der Waals surface area contributed by atoms with Gasteiger partial charge in [0.2, 0.25) is 0 Å². The van der Waals surface area contributed by atoms with Crippen molar-refractivity contribution in [2.75, 3.05) is 11.5 Å². The lowest BCUT2D eigenvalue weighted by Crippen LogP contribution is -1.96. The molecule has 0 saturated heterocycles. The SMILES string of the molecule is Nc1nc(Cl)cnc1C=CCCS. The van der Waals surface area contributed by atoms with Crippen molar-refractivity contribution in [2.24, 2.45) is 0 Å². The van der Waals surface area contributed by atoms with Crippen LogP contribution in [0.5, 0.6) is 0 Å². The van der Waals surface area contributed by atoms with Gasteiger partial charge in [0.15, 0.2) is 5.82 Å². The smallest absolute Gasteiger partial charge is 0.151 e. The minimum atomic E-state index is 0.309. The largest absolute Gasteiger partial charge is 0.382 e. The second-order valence-corrected chi connectivity index (χ2v) is 3.21. The highest BCUT2D eigenvalue weighted by molar-refractivity contribution is 7.80. The summed E-state index contributed by atoms with van der Waals surface area (Å²) in [5.74, 6) is 1.15. The molecule has 13 heavy (non-hydrogen) atoms. The topological polar surface area (TPSA) is 51.8 Å². The molecule has 1 heterocycles. The standard InChI is InChI=1S/C8H10ClN3S/c9-7-5-11-6(8(10)12-7)3-1-2-4-13/h1,3,5,13H,2,4H2,(H2,10,12). The molecule has 3 nitrogen and oxygen atoms in total. The molecule has 0 aromatic carbocycles. The lowest BCUT2D eigenvalue weighted by Gasteiger charge is -1.97. The van der Waals surface area contributed by atoms with Crippen LogP contribution in [0.3, 0.4) is 0 Å². The molecule has 0 aliphatic heterocycles. The molecule has 0 unspecified atom stereocenters. The van der Waals surface area contributed by atoms with Crippen LogP contribution in [0, 0.1) is 0 Å². The van der Waals surface area contributed by atoms with Gasteiger partial charge >= 0.3 is 0 Å². The molecule has 0 amide bonds. The van der Waals surface area contributed by atoms with E-state index in [1.807, 2.05) is 12.2 Å². The van der Waals surface area contributed by atoms with E-state index in [0.29, 0.717) is 16.7 Å². The van der Waals surface area contributed by atoms with E-state index in [2.05, 4.69) is 22.6 Å². The van der Waals surface area contributed by atoms with Crippen LogP contribution in [0.4, 0.5) is 5.82 Å². The molecule has 0 atom stereocenters. The van der Waals surface area contributed by atoms with Crippen LogP contribution in [0.15, 0.2) is 12.3 Å². The Morgan fingerprint density at radius 2 is 2.38 bits per heavy atom. The zero-order valence-corrected chi connectivity index (χ0v) is 8.59. The van der Waals surface area contributed by atoms with Crippen LogP contribution in [0.2, 0.25) is 5.15 Å². The summed E-state index contributed by atoms with van der Waals surface area (Å²) in [6, 6.07) is 0. The van der Waals surface area contributed by atoms with Gasteiger partial charge in [-0.1, -0.05) is 17.7 Å². The average molecular weight is 216 g/mol. The molecular weight excluding hydrogens is 206 g/mol. The Morgan fingerprint density at radius 3 is 3.00 bits per heavy atom. The maximum atomic E-state index is 5.59. The second kappa shape index (κ2) is 5.09. The average Bonchev–Trinajstić information content (AvgIpc) is 2.09. The summed E-state index contributed by atoms with van der Waals surface area (Å²) >= 11 is 9.66. The van der Waals surface area contributed by atoms with Gasteiger partial charge in [0.1, 0.15) is 10.8 Å². The Bertz CT molecular complexity index is 314. The quantitative estimate of drug-likeness (QED) is 0.759. The van der Waals surface area contributed by atoms with Crippen LogP contribution in [-0.2, 0) is 0 Å². The summed E-state index contributed by atoms with van der Waals surface area (Å²) in [5.41, 5.74) is 6.22. The predicted molar refractivity (Wildman–Crippen MR) is 59.0 cm³/mol. The predicted octanol–water partition coefficient (Wildman–Crippen LogP) is 2.05. The highest BCUT2D eigenvalue weighted by Crippen LogP contribution is 2.11. The summed E-state index contributed by atoms with van der Waals surface area (Å²) < 4.78 is 0. The van der Waals surface area contributed by atoms with Gasteiger partial charge in [-0.2, -0.15) is 12.6 Å².